The standard InChI is InChI=1S/C22H24O4/c1-7-8-16-9-10-17(21(23)25-5)20(22(24)26-6)19-15(4)12-13(2)11-14(3)18(16)19/h7-12H,1-6H3/b8-7+. The quantitative estimate of drug-likeness (QED) is 0.711. The highest BCUT2D eigenvalue weighted by Crippen LogP contribution is 2.39. The van der Waals surface area contributed by atoms with Gasteiger partial charge in [-0.25, -0.2) is 9.59 Å². The van der Waals surface area contributed by atoms with Crippen LogP contribution < -0.4 is 0 Å². The molecule has 4 nitrogen and oxygen atoms in total. The van der Waals surface area contributed by atoms with Gasteiger partial charge in [-0.1, -0.05) is 36.0 Å². The van der Waals surface area contributed by atoms with Gasteiger partial charge in [0, 0.05) is 5.57 Å². The van der Waals surface area contributed by atoms with Crippen molar-refractivity contribution in [3.05, 3.63) is 81.0 Å². The Labute approximate surface area is 154 Å². The first-order valence-corrected chi connectivity index (χ1v) is 8.40. The maximum Gasteiger partial charge on any atom is 0.339 e. The number of allylic oxidation sites excluding steroid dienone is 12. The Morgan fingerprint density at radius 1 is 0.923 bits per heavy atom. The monoisotopic (exact) mass is 352 g/mol. The zero-order chi connectivity index (χ0) is 19.4. The number of hydrogen-bond donors (Lipinski definition) is 0. The van der Waals surface area contributed by atoms with Crippen molar-refractivity contribution in [3.63, 3.8) is 0 Å². The topological polar surface area (TPSA) is 52.6 Å². The maximum atomic E-state index is 12.7. The molecule has 0 aliphatic heterocycles. The Morgan fingerprint density at radius 2 is 1.58 bits per heavy atom. The Kier molecular flexibility index (Phi) is 5.98. The van der Waals surface area contributed by atoms with Crippen LogP contribution in [0, 0.1) is 0 Å². The van der Waals surface area contributed by atoms with Gasteiger partial charge in [-0.2, -0.15) is 0 Å². The molecule has 0 spiro atoms. The molecule has 0 aromatic rings. The normalized spacial score (nSPS) is 17.6. The van der Waals surface area contributed by atoms with Crippen molar-refractivity contribution in [3.8, 4) is 0 Å². The Bertz CT molecular complexity index is 868. The molecule has 136 valence electrons. The van der Waals surface area contributed by atoms with E-state index in [-0.39, 0.29) is 11.1 Å². The highest BCUT2D eigenvalue weighted by Gasteiger charge is 2.31. The number of hydrogen-bond acceptors (Lipinski definition) is 4. The molecule has 0 bridgehead atoms. The molecule has 0 N–H and O–H groups in total. The number of rotatable bonds is 3. The highest BCUT2D eigenvalue weighted by molar-refractivity contribution is 6.09. The van der Waals surface area contributed by atoms with E-state index in [0.717, 1.165) is 27.9 Å². The van der Waals surface area contributed by atoms with Crippen molar-refractivity contribution in [1.29, 1.82) is 0 Å². The van der Waals surface area contributed by atoms with E-state index in [2.05, 4.69) is 6.08 Å². The second-order valence-corrected chi connectivity index (χ2v) is 6.21. The molecule has 0 saturated carbocycles. The van der Waals surface area contributed by atoms with Crippen molar-refractivity contribution in [2.75, 3.05) is 14.2 Å². The molecule has 2 aliphatic carbocycles. The third-order valence-electron chi connectivity index (χ3n) is 4.31. The van der Waals surface area contributed by atoms with Gasteiger partial charge in [-0.3, -0.25) is 0 Å². The molecule has 26 heavy (non-hydrogen) atoms. The summed E-state index contributed by atoms with van der Waals surface area (Å²) < 4.78 is 9.93. The van der Waals surface area contributed by atoms with Gasteiger partial charge >= 0.3 is 11.9 Å². The summed E-state index contributed by atoms with van der Waals surface area (Å²) in [6.45, 7) is 7.87. The van der Waals surface area contributed by atoms with Crippen LogP contribution in [-0.4, -0.2) is 26.2 Å². The number of carbonyl (C=O) groups is 2. The Hall–Kier alpha value is -2.88. The minimum Gasteiger partial charge on any atom is -0.465 e. The smallest absolute Gasteiger partial charge is 0.339 e. The number of esters is 2. The fourth-order valence-corrected chi connectivity index (χ4v) is 3.34. The van der Waals surface area contributed by atoms with E-state index >= 15 is 0 Å². The average molecular weight is 352 g/mol. The lowest BCUT2D eigenvalue weighted by Gasteiger charge is -2.18. The molecule has 2 aliphatic rings. The molecular formula is C22H24O4. The highest BCUT2D eigenvalue weighted by atomic mass is 16.5. The van der Waals surface area contributed by atoms with Gasteiger partial charge in [0.05, 0.1) is 25.4 Å². The van der Waals surface area contributed by atoms with Gasteiger partial charge < -0.3 is 9.47 Å². The van der Waals surface area contributed by atoms with Crippen LogP contribution in [0.4, 0.5) is 0 Å². The SMILES string of the molecule is C/C=C/C1=CC=C(C(=O)OC)C(C(=O)OC)=C2C(C)=CC(C)=CC(C)=C12. The van der Waals surface area contributed by atoms with Crippen LogP contribution in [0.25, 0.3) is 0 Å². The van der Waals surface area contributed by atoms with Gasteiger partial charge in [0.2, 0.25) is 0 Å². The van der Waals surface area contributed by atoms with Gasteiger partial charge in [-0.05, 0) is 56.1 Å². The molecule has 0 saturated heterocycles. The summed E-state index contributed by atoms with van der Waals surface area (Å²) in [6.07, 6.45) is 11.4. The first-order valence-electron chi connectivity index (χ1n) is 8.40. The Morgan fingerprint density at radius 3 is 2.15 bits per heavy atom. The van der Waals surface area contributed by atoms with E-state index in [1.54, 1.807) is 6.08 Å². The van der Waals surface area contributed by atoms with Gasteiger partial charge in [0.1, 0.15) is 0 Å². The van der Waals surface area contributed by atoms with Crippen LogP contribution in [0.15, 0.2) is 81.0 Å². The molecule has 0 aromatic heterocycles. The lowest BCUT2D eigenvalue weighted by Crippen LogP contribution is -2.18. The van der Waals surface area contributed by atoms with Gasteiger partial charge in [-0.15, -0.1) is 0 Å². The zero-order valence-electron chi connectivity index (χ0n) is 16.1. The largest absolute Gasteiger partial charge is 0.465 e. The zero-order valence-corrected chi connectivity index (χ0v) is 16.1. The average Bonchev–Trinajstić information content (AvgIpc) is 2.83. The van der Waals surface area contributed by atoms with Gasteiger partial charge in [0.25, 0.3) is 0 Å². The lowest BCUT2D eigenvalue weighted by molar-refractivity contribution is -0.139. The fraction of sp³-hybridized carbons (Fsp3) is 0.273. The summed E-state index contributed by atoms with van der Waals surface area (Å²) in [5.74, 6) is -1.14. The summed E-state index contributed by atoms with van der Waals surface area (Å²) >= 11 is 0. The summed E-state index contributed by atoms with van der Waals surface area (Å²) in [6, 6.07) is 0. The molecule has 0 fully saturated rings. The van der Waals surface area contributed by atoms with Crippen LogP contribution in [0.1, 0.15) is 27.7 Å². The van der Waals surface area contributed by atoms with E-state index in [4.69, 9.17) is 9.47 Å². The lowest BCUT2D eigenvalue weighted by atomic mass is 9.86. The summed E-state index contributed by atoms with van der Waals surface area (Å²) in [4.78, 5) is 25.1. The third kappa shape index (κ3) is 3.54. The molecule has 0 atom stereocenters. The molecule has 2 rings (SSSR count). The predicted octanol–water partition coefficient (Wildman–Crippen LogP) is 4.29. The van der Waals surface area contributed by atoms with Crippen molar-refractivity contribution in [1.82, 2.24) is 0 Å². The van der Waals surface area contributed by atoms with Crippen molar-refractivity contribution >= 4 is 11.9 Å². The molecule has 0 unspecified atom stereocenters. The second-order valence-electron chi connectivity index (χ2n) is 6.21. The Balaban J connectivity index is 3.01. The molecule has 0 amide bonds. The third-order valence-corrected chi connectivity index (χ3v) is 4.31. The number of carbonyl (C=O) groups excluding carboxylic acids is 2. The van der Waals surface area contributed by atoms with E-state index < -0.39 is 11.9 Å². The maximum absolute atomic E-state index is 12.7. The molecule has 0 aromatic carbocycles. The fourth-order valence-electron chi connectivity index (χ4n) is 3.34. The molecule has 0 heterocycles. The summed E-state index contributed by atoms with van der Waals surface area (Å²) in [7, 11) is 2.61. The van der Waals surface area contributed by atoms with E-state index in [1.807, 2.05) is 52.0 Å². The second kappa shape index (κ2) is 8.00. The number of ether oxygens (including phenoxy) is 2. The van der Waals surface area contributed by atoms with Crippen LogP contribution in [0.5, 0.6) is 0 Å². The first kappa shape index (κ1) is 19.4. The molecular weight excluding hydrogens is 328 g/mol. The van der Waals surface area contributed by atoms with Crippen molar-refractivity contribution in [2.24, 2.45) is 0 Å². The van der Waals surface area contributed by atoms with Crippen LogP contribution in [0.3, 0.4) is 0 Å². The van der Waals surface area contributed by atoms with Crippen molar-refractivity contribution < 1.29 is 19.1 Å². The molecule has 0 radical (unpaired) electrons. The van der Waals surface area contributed by atoms with Gasteiger partial charge in [0.15, 0.2) is 0 Å². The van der Waals surface area contributed by atoms with E-state index in [0.29, 0.717) is 5.57 Å². The van der Waals surface area contributed by atoms with E-state index in [1.165, 1.54) is 14.2 Å². The van der Waals surface area contributed by atoms with Crippen LogP contribution in [-0.2, 0) is 19.1 Å². The first-order chi connectivity index (χ1) is 12.3. The van der Waals surface area contributed by atoms with E-state index in [9.17, 15) is 9.59 Å². The minimum atomic E-state index is -0.574. The van der Waals surface area contributed by atoms with Crippen molar-refractivity contribution in [2.45, 2.75) is 27.7 Å². The molecule has 4 heteroatoms. The summed E-state index contributed by atoms with van der Waals surface area (Å²) in [5.41, 5.74) is 5.90. The minimum absolute atomic E-state index is 0.187. The number of methoxy groups -OCH3 is 2. The predicted molar refractivity (Wildman–Crippen MR) is 102 cm³/mol. The van der Waals surface area contributed by atoms with Crippen LogP contribution in [0.2, 0.25) is 0 Å². The number of fused-ring (bicyclic) bond motifs is 1. The van der Waals surface area contributed by atoms with Crippen LogP contribution >= 0.6 is 0 Å². The summed E-state index contributed by atoms with van der Waals surface area (Å²) in [5, 5.41) is 0.